The van der Waals surface area contributed by atoms with Crippen LogP contribution in [0.15, 0.2) is 72.8 Å². The number of nitrogens with two attached hydrogens (primary N) is 1. The number of nitrogens with one attached hydrogen (secondary N) is 5. The number of fused-ring (bicyclic) bond motifs is 3. The Labute approximate surface area is 320 Å². The lowest BCUT2D eigenvalue weighted by Crippen LogP contribution is -2.54. The van der Waals surface area contributed by atoms with Crippen LogP contribution in [0.25, 0.3) is 11.1 Å². The van der Waals surface area contributed by atoms with E-state index in [2.05, 4.69) is 26.6 Å². The molecule has 15 heteroatoms. The number of carboxylic acid groups (broad SMARTS) is 1. The van der Waals surface area contributed by atoms with E-state index < -0.39 is 54.1 Å². The van der Waals surface area contributed by atoms with Crippen molar-refractivity contribution in [3.05, 3.63) is 89.5 Å². The molecule has 1 aliphatic carbocycles. The van der Waals surface area contributed by atoms with Gasteiger partial charge in [0.15, 0.2) is 0 Å². The molecular weight excluding hydrogens is 708 g/mol. The molecule has 0 saturated carbocycles. The molecule has 6 amide bonds. The summed E-state index contributed by atoms with van der Waals surface area (Å²) in [5.41, 5.74) is 10.4. The number of alkyl carbamates (subject to hydrolysis) is 2. The average molecular weight is 759 g/mol. The SMILES string of the molecule is CC(C)CC(NC(=O)OCc1ccc(NC(=O)C(CCCNC(N)=O)NC(=O)C(NC(=O)OCC2c3ccccc3-c3ccccc32)C(C)C)cc1)C(=O)O. The molecule has 0 heterocycles. The van der Waals surface area contributed by atoms with Gasteiger partial charge in [-0.1, -0.05) is 88.4 Å². The number of benzene rings is 3. The number of primary amides is 1. The fourth-order valence-electron chi connectivity index (χ4n) is 6.29. The fourth-order valence-corrected chi connectivity index (χ4v) is 6.29. The summed E-state index contributed by atoms with van der Waals surface area (Å²) >= 11 is 0. The predicted molar refractivity (Wildman–Crippen MR) is 205 cm³/mol. The van der Waals surface area contributed by atoms with Crippen molar-refractivity contribution in [2.45, 2.75) is 77.6 Å². The highest BCUT2D eigenvalue weighted by atomic mass is 16.6. The van der Waals surface area contributed by atoms with E-state index in [1.165, 1.54) is 0 Å². The summed E-state index contributed by atoms with van der Waals surface area (Å²) in [6.07, 6.45) is -0.979. The second-order valence-electron chi connectivity index (χ2n) is 14.1. The molecule has 0 spiro atoms. The van der Waals surface area contributed by atoms with E-state index in [1.54, 1.807) is 38.1 Å². The summed E-state index contributed by atoms with van der Waals surface area (Å²) in [5.74, 6) is -2.80. The normalized spacial score (nSPS) is 13.4. The topological polar surface area (TPSA) is 227 Å². The van der Waals surface area contributed by atoms with E-state index in [4.69, 9.17) is 15.2 Å². The maximum absolute atomic E-state index is 13.6. The van der Waals surface area contributed by atoms with Crippen molar-refractivity contribution >= 4 is 41.7 Å². The Hall–Kier alpha value is -6.12. The highest BCUT2D eigenvalue weighted by Gasteiger charge is 2.32. The zero-order valence-corrected chi connectivity index (χ0v) is 31.4. The number of carbonyl (C=O) groups is 6. The Morgan fingerprint density at radius 3 is 1.91 bits per heavy atom. The maximum Gasteiger partial charge on any atom is 0.408 e. The number of hydrogen-bond acceptors (Lipinski definition) is 8. The number of rotatable bonds is 18. The number of carboxylic acids is 1. The van der Waals surface area contributed by atoms with Crippen LogP contribution in [0.3, 0.4) is 0 Å². The van der Waals surface area contributed by atoms with Gasteiger partial charge in [0.25, 0.3) is 0 Å². The highest BCUT2D eigenvalue weighted by molar-refractivity contribution is 5.98. The first-order valence-electron chi connectivity index (χ1n) is 18.2. The number of carbonyl (C=O) groups excluding carboxylic acids is 5. The number of anilines is 1. The van der Waals surface area contributed by atoms with E-state index >= 15 is 0 Å². The molecule has 0 fully saturated rings. The van der Waals surface area contributed by atoms with Crippen molar-refractivity contribution in [2.75, 3.05) is 18.5 Å². The van der Waals surface area contributed by atoms with Gasteiger partial charge in [-0.15, -0.1) is 0 Å². The van der Waals surface area contributed by atoms with Gasteiger partial charge in [0.05, 0.1) is 0 Å². The quantitative estimate of drug-likeness (QED) is 0.0879. The van der Waals surface area contributed by atoms with Crippen molar-refractivity contribution in [1.29, 1.82) is 0 Å². The molecule has 8 N–H and O–H groups in total. The van der Waals surface area contributed by atoms with Gasteiger partial charge in [-0.25, -0.2) is 19.2 Å². The van der Waals surface area contributed by atoms with Crippen molar-refractivity contribution in [3.63, 3.8) is 0 Å². The second-order valence-corrected chi connectivity index (χ2v) is 14.1. The maximum atomic E-state index is 13.6. The van der Waals surface area contributed by atoms with E-state index in [-0.39, 0.29) is 50.4 Å². The molecule has 0 bridgehead atoms. The Kier molecular flexibility index (Phi) is 15.0. The van der Waals surface area contributed by atoms with Crippen LogP contribution >= 0.6 is 0 Å². The lowest BCUT2D eigenvalue weighted by atomic mass is 9.98. The number of hydrogen-bond donors (Lipinski definition) is 7. The fraction of sp³-hybridized carbons (Fsp3) is 0.400. The smallest absolute Gasteiger partial charge is 0.408 e. The molecule has 0 aliphatic heterocycles. The highest BCUT2D eigenvalue weighted by Crippen LogP contribution is 2.44. The molecule has 3 aromatic rings. The zero-order chi connectivity index (χ0) is 40.1. The molecule has 15 nitrogen and oxygen atoms in total. The Morgan fingerprint density at radius 2 is 1.35 bits per heavy atom. The predicted octanol–water partition coefficient (Wildman–Crippen LogP) is 4.85. The summed E-state index contributed by atoms with van der Waals surface area (Å²) in [5, 5.41) is 22.3. The largest absolute Gasteiger partial charge is 0.480 e. The van der Waals surface area contributed by atoms with E-state index in [0.29, 0.717) is 17.7 Å². The van der Waals surface area contributed by atoms with Gasteiger partial charge in [-0.2, -0.15) is 0 Å². The lowest BCUT2D eigenvalue weighted by Gasteiger charge is -2.25. The first-order valence-corrected chi connectivity index (χ1v) is 18.2. The van der Waals surface area contributed by atoms with Crippen LogP contribution in [-0.2, 0) is 30.5 Å². The summed E-state index contributed by atoms with van der Waals surface area (Å²) in [6, 6.07) is 18.4. The minimum atomic E-state index is -1.16. The second kappa shape index (κ2) is 19.8. The van der Waals surface area contributed by atoms with E-state index in [0.717, 1.165) is 22.3 Å². The first-order chi connectivity index (χ1) is 26.2. The third-order valence-electron chi connectivity index (χ3n) is 9.06. The number of urea groups is 1. The number of ether oxygens (including phenoxy) is 2. The molecule has 3 aromatic carbocycles. The third kappa shape index (κ3) is 12.2. The number of aliphatic carboxylic acids is 1. The standard InChI is InChI=1S/C40H50N6O9/c1-23(2)20-33(37(49)50)45-39(52)54-21-25-15-17-26(18-16-25)43-35(47)32(14-9-19-42-38(41)51)44-36(48)34(24(3)4)46-40(53)55-22-31-29-12-7-5-10-27(29)28-11-6-8-13-30(28)31/h5-8,10-13,15-18,23-24,31-34H,9,14,19-22H2,1-4H3,(H,43,47)(H,44,48)(H,45,52)(H,46,53)(H,49,50)(H3,41,42,51). The van der Waals surface area contributed by atoms with Gasteiger partial charge < -0.3 is 46.9 Å². The van der Waals surface area contributed by atoms with Gasteiger partial charge in [0.1, 0.15) is 31.3 Å². The summed E-state index contributed by atoms with van der Waals surface area (Å²) in [6.45, 7) is 7.27. The molecule has 294 valence electrons. The Bertz CT molecular complexity index is 1790. The van der Waals surface area contributed by atoms with Crippen LogP contribution < -0.4 is 32.3 Å². The van der Waals surface area contributed by atoms with Gasteiger partial charge in [0.2, 0.25) is 11.8 Å². The van der Waals surface area contributed by atoms with Crippen LogP contribution in [-0.4, -0.2) is 72.4 Å². The minimum Gasteiger partial charge on any atom is -0.480 e. The molecule has 3 unspecified atom stereocenters. The Morgan fingerprint density at radius 1 is 0.745 bits per heavy atom. The third-order valence-corrected chi connectivity index (χ3v) is 9.06. The van der Waals surface area contributed by atoms with E-state index in [1.807, 2.05) is 62.4 Å². The molecule has 3 atom stereocenters. The summed E-state index contributed by atoms with van der Waals surface area (Å²) in [4.78, 5) is 75.1. The average Bonchev–Trinajstić information content (AvgIpc) is 3.46. The molecule has 0 saturated heterocycles. The van der Waals surface area contributed by atoms with Crippen molar-refractivity contribution in [1.82, 2.24) is 21.3 Å². The van der Waals surface area contributed by atoms with Crippen LogP contribution in [0.1, 0.15) is 69.6 Å². The van der Waals surface area contributed by atoms with Gasteiger partial charge in [0, 0.05) is 18.2 Å². The molecule has 4 rings (SSSR count). The van der Waals surface area contributed by atoms with Gasteiger partial charge in [-0.3, -0.25) is 9.59 Å². The van der Waals surface area contributed by atoms with Crippen LogP contribution in [0, 0.1) is 11.8 Å². The summed E-state index contributed by atoms with van der Waals surface area (Å²) in [7, 11) is 0. The summed E-state index contributed by atoms with van der Waals surface area (Å²) < 4.78 is 10.8. The van der Waals surface area contributed by atoms with Crippen LogP contribution in [0.4, 0.5) is 20.1 Å². The van der Waals surface area contributed by atoms with Gasteiger partial charge in [-0.05, 0) is 71.0 Å². The zero-order valence-electron chi connectivity index (χ0n) is 31.4. The minimum absolute atomic E-state index is 0.0476. The van der Waals surface area contributed by atoms with Gasteiger partial charge >= 0.3 is 24.2 Å². The van der Waals surface area contributed by atoms with Crippen molar-refractivity contribution in [2.24, 2.45) is 17.6 Å². The molecule has 55 heavy (non-hydrogen) atoms. The van der Waals surface area contributed by atoms with E-state index in [9.17, 15) is 33.9 Å². The molecule has 0 radical (unpaired) electrons. The van der Waals surface area contributed by atoms with Crippen molar-refractivity contribution < 1.29 is 43.3 Å². The first kappa shape index (κ1) is 41.6. The van der Waals surface area contributed by atoms with Crippen LogP contribution in [0.2, 0.25) is 0 Å². The molecular formula is C40H50N6O9. The number of amides is 6. The van der Waals surface area contributed by atoms with Crippen LogP contribution in [0.5, 0.6) is 0 Å². The molecule has 0 aromatic heterocycles. The lowest BCUT2D eigenvalue weighted by molar-refractivity contribution is -0.139. The monoisotopic (exact) mass is 758 g/mol. The van der Waals surface area contributed by atoms with Crippen molar-refractivity contribution in [3.8, 4) is 11.1 Å². The Balaban J connectivity index is 1.35. The molecule has 1 aliphatic rings.